The highest BCUT2D eigenvalue weighted by atomic mass is 127. The van der Waals surface area contributed by atoms with E-state index in [4.69, 9.17) is 4.74 Å². The summed E-state index contributed by atoms with van der Waals surface area (Å²) in [6.07, 6.45) is 0. The Kier molecular flexibility index (Phi) is 10.1. The van der Waals surface area contributed by atoms with Crippen molar-refractivity contribution in [1.82, 2.24) is 15.6 Å². The van der Waals surface area contributed by atoms with Crippen molar-refractivity contribution < 1.29 is 4.74 Å². The number of halogens is 1. The molecule has 0 unspecified atom stereocenters. The van der Waals surface area contributed by atoms with Gasteiger partial charge in [0.1, 0.15) is 5.82 Å². The van der Waals surface area contributed by atoms with Crippen LogP contribution in [0.4, 0.5) is 5.82 Å². The second kappa shape index (κ2) is 10.7. The number of pyridine rings is 1. The van der Waals surface area contributed by atoms with Crippen molar-refractivity contribution in [3.05, 3.63) is 23.9 Å². The molecule has 2 N–H and O–H groups in total. The zero-order chi connectivity index (χ0) is 14.1. The Labute approximate surface area is 138 Å². The monoisotopic (exact) mass is 393 g/mol. The van der Waals surface area contributed by atoms with E-state index in [0.717, 1.165) is 24.0 Å². The molecule has 114 valence electrons. The number of rotatable bonds is 6. The minimum absolute atomic E-state index is 0. The van der Waals surface area contributed by atoms with Crippen LogP contribution in [0.3, 0.4) is 0 Å². The summed E-state index contributed by atoms with van der Waals surface area (Å²) in [7, 11) is 7.37. The molecule has 0 aliphatic rings. The Morgan fingerprint density at radius 2 is 2.10 bits per heavy atom. The van der Waals surface area contributed by atoms with Gasteiger partial charge in [-0.2, -0.15) is 0 Å². The molecule has 1 aromatic heterocycles. The maximum atomic E-state index is 4.98. The molecule has 1 rings (SSSR count). The van der Waals surface area contributed by atoms with E-state index in [2.05, 4.69) is 20.6 Å². The summed E-state index contributed by atoms with van der Waals surface area (Å²) >= 11 is 0. The van der Waals surface area contributed by atoms with E-state index < -0.39 is 0 Å². The first-order chi connectivity index (χ1) is 9.17. The molecule has 20 heavy (non-hydrogen) atoms. The molecule has 0 aliphatic heterocycles. The predicted octanol–water partition coefficient (Wildman–Crippen LogP) is 1.08. The molecule has 0 aromatic carbocycles. The highest BCUT2D eigenvalue weighted by Gasteiger charge is 2.01. The summed E-state index contributed by atoms with van der Waals surface area (Å²) in [6.45, 7) is 2.00. The molecule has 0 aliphatic carbocycles. The molecule has 1 heterocycles. The highest BCUT2D eigenvalue weighted by molar-refractivity contribution is 14.0. The van der Waals surface area contributed by atoms with Crippen LogP contribution < -0.4 is 15.5 Å². The summed E-state index contributed by atoms with van der Waals surface area (Å²) < 4.78 is 4.98. The van der Waals surface area contributed by atoms with Gasteiger partial charge < -0.3 is 20.3 Å². The van der Waals surface area contributed by atoms with Crippen molar-refractivity contribution in [2.24, 2.45) is 4.99 Å². The lowest BCUT2D eigenvalue weighted by Gasteiger charge is -2.14. The smallest absolute Gasteiger partial charge is 0.191 e. The minimum atomic E-state index is 0. The van der Waals surface area contributed by atoms with Crippen molar-refractivity contribution in [3.63, 3.8) is 0 Å². The molecule has 0 bridgehead atoms. The van der Waals surface area contributed by atoms with Crippen molar-refractivity contribution in [3.8, 4) is 0 Å². The van der Waals surface area contributed by atoms with Gasteiger partial charge in [0.25, 0.3) is 0 Å². The zero-order valence-corrected chi connectivity index (χ0v) is 14.8. The van der Waals surface area contributed by atoms with Crippen LogP contribution in [0.25, 0.3) is 0 Å². The molecule has 0 amide bonds. The SMILES string of the molecule is CN=C(NCCOC)NCc1cccc(N(C)C)n1.I. The Hall–Kier alpha value is -1.09. The van der Waals surface area contributed by atoms with Gasteiger partial charge in [-0.25, -0.2) is 4.98 Å². The van der Waals surface area contributed by atoms with E-state index in [1.54, 1.807) is 14.2 Å². The maximum Gasteiger partial charge on any atom is 0.191 e. The van der Waals surface area contributed by atoms with Crippen molar-refractivity contribution in [2.75, 3.05) is 46.3 Å². The molecule has 0 saturated carbocycles. The maximum absolute atomic E-state index is 4.98. The first-order valence-corrected chi connectivity index (χ1v) is 6.24. The second-order valence-corrected chi connectivity index (χ2v) is 4.23. The lowest BCUT2D eigenvalue weighted by Crippen LogP contribution is -2.38. The summed E-state index contributed by atoms with van der Waals surface area (Å²) in [4.78, 5) is 10.6. The van der Waals surface area contributed by atoms with Gasteiger partial charge in [0.05, 0.1) is 18.8 Å². The molecule has 1 aromatic rings. The molecule has 0 spiro atoms. The first kappa shape index (κ1) is 18.9. The van der Waals surface area contributed by atoms with E-state index >= 15 is 0 Å². The number of guanidine groups is 1. The normalized spacial score (nSPS) is 10.7. The Bertz CT molecular complexity index is 412. The minimum Gasteiger partial charge on any atom is -0.383 e. The number of ether oxygens (including phenoxy) is 1. The first-order valence-electron chi connectivity index (χ1n) is 6.24. The van der Waals surface area contributed by atoms with E-state index in [0.29, 0.717) is 13.2 Å². The third-order valence-corrected chi connectivity index (χ3v) is 2.51. The van der Waals surface area contributed by atoms with Crippen LogP contribution in [0.1, 0.15) is 5.69 Å². The number of hydrogen-bond donors (Lipinski definition) is 2. The summed E-state index contributed by atoms with van der Waals surface area (Å²) in [5.74, 6) is 1.69. The summed E-state index contributed by atoms with van der Waals surface area (Å²) in [6, 6.07) is 5.97. The summed E-state index contributed by atoms with van der Waals surface area (Å²) in [5.41, 5.74) is 0.973. The van der Waals surface area contributed by atoms with Crippen LogP contribution >= 0.6 is 24.0 Å². The number of aromatic nitrogens is 1. The highest BCUT2D eigenvalue weighted by Crippen LogP contribution is 2.07. The Balaban J connectivity index is 0.00000361. The van der Waals surface area contributed by atoms with Gasteiger partial charge in [-0.05, 0) is 12.1 Å². The van der Waals surface area contributed by atoms with Crippen molar-refractivity contribution in [2.45, 2.75) is 6.54 Å². The molecule has 0 atom stereocenters. The summed E-state index contributed by atoms with van der Waals surface area (Å²) in [5, 5.41) is 6.37. The number of nitrogens with one attached hydrogen (secondary N) is 2. The average Bonchev–Trinajstić information content (AvgIpc) is 2.43. The lowest BCUT2D eigenvalue weighted by atomic mass is 10.3. The third-order valence-electron chi connectivity index (χ3n) is 2.51. The van der Waals surface area contributed by atoms with E-state index in [1.165, 1.54) is 0 Å². The average molecular weight is 393 g/mol. The van der Waals surface area contributed by atoms with Gasteiger partial charge in [-0.3, -0.25) is 4.99 Å². The van der Waals surface area contributed by atoms with Crippen LogP contribution in [-0.2, 0) is 11.3 Å². The van der Waals surface area contributed by atoms with Crippen LogP contribution in [-0.4, -0.2) is 52.3 Å². The molecule has 0 saturated heterocycles. The largest absolute Gasteiger partial charge is 0.383 e. The van der Waals surface area contributed by atoms with Gasteiger partial charge in [0.15, 0.2) is 5.96 Å². The fraction of sp³-hybridized carbons (Fsp3) is 0.538. The number of hydrogen-bond acceptors (Lipinski definition) is 4. The number of methoxy groups -OCH3 is 1. The van der Waals surface area contributed by atoms with Gasteiger partial charge in [-0.1, -0.05) is 6.07 Å². The number of anilines is 1. The topological polar surface area (TPSA) is 61.8 Å². The van der Waals surface area contributed by atoms with E-state index in [9.17, 15) is 0 Å². The zero-order valence-electron chi connectivity index (χ0n) is 12.5. The lowest BCUT2D eigenvalue weighted by molar-refractivity contribution is 0.203. The van der Waals surface area contributed by atoms with Gasteiger partial charge in [0, 0.05) is 34.8 Å². The predicted molar refractivity (Wildman–Crippen MR) is 94.1 cm³/mol. The molecule has 6 nitrogen and oxygen atoms in total. The number of nitrogens with zero attached hydrogens (tertiary/aromatic N) is 3. The molecule has 0 fully saturated rings. The van der Waals surface area contributed by atoms with E-state index in [-0.39, 0.29) is 24.0 Å². The second-order valence-electron chi connectivity index (χ2n) is 4.23. The van der Waals surface area contributed by atoms with Crippen LogP contribution in [0.5, 0.6) is 0 Å². The quantitative estimate of drug-likeness (QED) is 0.328. The Morgan fingerprint density at radius 1 is 1.35 bits per heavy atom. The molecular weight excluding hydrogens is 369 g/mol. The van der Waals surface area contributed by atoms with Crippen molar-refractivity contribution >= 4 is 35.8 Å². The Morgan fingerprint density at radius 3 is 2.70 bits per heavy atom. The van der Waals surface area contributed by atoms with Crippen LogP contribution in [0.15, 0.2) is 23.2 Å². The van der Waals surface area contributed by atoms with E-state index in [1.807, 2.05) is 37.2 Å². The van der Waals surface area contributed by atoms with Gasteiger partial charge >= 0.3 is 0 Å². The molecular formula is C13H24IN5O. The van der Waals surface area contributed by atoms with Gasteiger partial charge in [0.2, 0.25) is 0 Å². The molecule has 7 heteroatoms. The standard InChI is InChI=1S/C13H23N5O.HI/c1-14-13(15-8-9-19-4)16-10-11-6-5-7-12(17-11)18(2)3;/h5-7H,8-10H2,1-4H3,(H2,14,15,16);1H. The van der Waals surface area contributed by atoms with Gasteiger partial charge in [-0.15, -0.1) is 24.0 Å². The fourth-order valence-electron chi connectivity index (χ4n) is 1.48. The number of aliphatic imine (C=N–C) groups is 1. The fourth-order valence-corrected chi connectivity index (χ4v) is 1.48. The molecule has 0 radical (unpaired) electrons. The van der Waals surface area contributed by atoms with Crippen LogP contribution in [0, 0.1) is 0 Å². The third kappa shape index (κ3) is 6.90. The van der Waals surface area contributed by atoms with Crippen LogP contribution in [0.2, 0.25) is 0 Å². The van der Waals surface area contributed by atoms with Crippen molar-refractivity contribution in [1.29, 1.82) is 0 Å².